The Labute approximate surface area is 150 Å². The van der Waals surface area contributed by atoms with E-state index in [1.165, 1.54) is 0 Å². The van der Waals surface area contributed by atoms with E-state index in [0.29, 0.717) is 24.1 Å². The van der Waals surface area contributed by atoms with E-state index in [2.05, 4.69) is 17.0 Å². The van der Waals surface area contributed by atoms with Gasteiger partial charge in [-0.05, 0) is 31.0 Å². The first-order valence-corrected chi connectivity index (χ1v) is 9.38. The molecule has 0 amide bonds. The molecule has 0 N–H and O–H groups in total. The Morgan fingerprint density at radius 3 is 2.60 bits per heavy atom. The second-order valence-corrected chi connectivity index (χ2v) is 6.76. The van der Waals surface area contributed by atoms with Gasteiger partial charge in [0, 0.05) is 12.3 Å². The van der Waals surface area contributed by atoms with Crippen LogP contribution in [-0.4, -0.2) is 32.2 Å². The molecule has 0 spiro atoms. The predicted molar refractivity (Wildman–Crippen MR) is 101 cm³/mol. The first-order chi connectivity index (χ1) is 12.2. The zero-order valence-corrected chi connectivity index (χ0v) is 15.5. The fraction of sp³-hybridized carbons (Fsp3) is 0.389. The van der Waals surface area contributed by atoms with Crippen molar-refractivity contribution in [1.29, 1.82) is 0 Å². The monoisotopic (exact) mass is 358 g/mol. The van der Waals surface area contributed by atoms with Crippen LogP contribution < -0.4 is 10.3 Å². The average molecular weight is 358 g/mol. The van der Waals surface area contributed by atoms with Gasteiger partial charge in [-0.25, -0.2) is 4.98 Å². The van der Waals surface area contributed by atoms with E-state index in [4.69, 9.17) is 4.74 Å². The highest BCUT2D eigenvalue weighted by atomic mass is 32.2. The summed E-state index contributed by atoms with van der Waals surface area (Å²) in [5, 5.41) is 5.11. The molecule has 0 unspecified atom stereocenters. The third-order valence-electron chi connectivity index (χ3n) is 3.90. The molecule has 0 aliphatic heterocycles. The van der Waals surface area contributed by atoms with Crippen molar-refractivity contribution in [2.45, 2.75) is 38.5 Å². The van der Waals surface area contributed by atoms with E-state index in [1.807, 2.05) is 37.4 Å². The number of ether oxygens (including phenoxy) is 1. The maximum atomic E-state index is 13.0. The van der Waals surface area contributed by atoms with Crippen molar-refractivity contribution in [2.75, 3.05) is 12.9 Å². The third-order valence-corrected chi connectivity index (χ3v) is 5.08. The van der Waals surface area contributed by atoms with Crippen LogP contribution in [0, 0.1) is 0 Å². The molecule has 6 nitrogen and oxygen atoms in total. The minimum atomic E-state index is -0.0911. The van der Waals surface area contributed by atoms with Crippen LogP contribution in [0.1, 0.15) is 25.8 Å². The first kappa shape index (κ1) is 17.5. The molecule has 0 radical (unpaired) electrons. The van der Waals surface area contributed by atoms with Gasteiger partial charge in [-0.3, -0.25) is 14.0 Å². The fourth-order valence-electron chi connectivity index (χ4n) is 2.54. The topological polar surface area (TPSA) is 61.9 Å². The summed E-state index contributed by atoms with van der Waals surface area (Å²) in [6.45, 7) is 5.30. The normalized spacial score (nSPS) is 11.2. The van der Waals surface area contributed by atoms with E-state index in [1.54, 1.807) is 28.1 Å². The van der Waals surface area contributed by atoms with Gasteiger partial charge in [0.1, 0.15) is 11.3 Å². The lowest BCUT2D eigenvalue weighted by atomic mass is 10.2. The zero-order valence-electron chi connectivity index (χ0n) is 14.7. The smallest absolute Gasteiger partial charge is 0.282 e. The largest absolute Gasteiger partial charge is 0.497 e. The van der Waals surface area contributed by atoms with Crippen LogP contribution in [0.4, 0.5) is 0 Å². The molecule has 0 aliphatic carbocycles. The van der Waals surface area contributed by atoms with E-state index in [-0.39, 0.29) is 5.56 Å². The van der Waals surface area contributed by atoms with Gasteiger partial charge < -0.3 is 4.74 Å². The van der Waals surface area contributed by atoms with Crippen LogP contribution in [0.25, 0.3) is 11.0 Å². The molecule has 1 aromatic carbocycles. The molecule has 0 fully saturated rings. The van der Waals surface area contributed by atoms with Gasteiger partial charge in [0.2, 0.25) is 0 Å². The van der Waals surface area contributed by atoms with Crippen LogP contribution >= 0.6 is 11.8 Å². The summed E-state index contributed by atoms with van der Waals surface area (Å²) >= 11 is 1.61. The van der Waals surface area contributed by atoms with Crippen LogP contribution in [0.2, 0.25) is 0 Å². The van der Waals surface area contributed by atoms with Gasteiger partial charge in [0.25, 0.3) is 5.56 Å². The molecule has 132 valence electrons. The van der Waals surface area contributed by atoms with Gasteiger partial charge in [-0.2, -0.15) is 5.10 Å². The number of nitrogens with zero attached hydrogens (tertiary/aromatic N) is 4. The Hall–Kier alpha value is -2.28. The van der Waals surface area contributed by atoms with Crippen LogP contribution in [-0.2, 0) is 13.1 Å². The van der Waals surface area contributed by atoms with Crippen LogP contribution in [0.5, 0.6) is 5.75 Å². The quantitative estimate of drug-likeness (QED) is 0.479. The van der Waals surface area contributed by atoms with Crippen molar-refractivity contribution in [1.82, 2.24) is 19.3 Å². The van der Waals surface area contributed by atoms with Gasteiger partial charge in [0.05, 0.1) is 19.9 Å². The van der Waals surface area contributed by atoms with Crippen molar-refractivity contribution in [3.05, 3.63) is 46.4 Å². The number of hydrogen-bond donors (Lipinski definition) is 0. The number of hydrogen-bond acceptors (Lipinski definition) is 5. The number of aryl methyl sites for hydroxylation is 1. The molecule has 25 heavy (non-hydrogen) atoms. The highest BCUT2D eigenvalue weighted by Gasteiger charge is 2.15. The summed E-state index contributed by atoms with van der Waals surface area (Å²) in [5.74, 6) is 1.72. The fourth-order valence-corrected chi connectivity index (χ4v) is 3.39. The summed E-state index contributed by atoms with van der Waals surface area (Å²) < 4.78 is 8.67. The lowest BCUT2D eigenvalue weighted by Gasteiger charge is -2.11. The van der Waals surface area contributed by atoms with Crippen molar-refractivity contribution < 1.29 is 4.74 Å². The average Bonchev–Trinajstić information content (AvgIpc) is 3.06. The molecule has 0 atom stereocenters. The zero-order chi connectivity index (χ0) is 17.8. The van der Waals surface area contributed by atoms with Gasteiger partial charge in [-0.15, -0.1) is 0 Å². The van der Waals surface area contributed by atoms with Crippen LogP contribution in [0.15, 0.2) is 40.4 Å². The number of methoxy groups -OCH3 is 1. The Morgan fingerprint density at radius 1 is 1.20 bits per heavy atom. The Bertz CT molecular complexity index is 915. The highest BCUT2D eigenvalue weighted by Crippen LogP contribution is 2.20. The van der Waals surface area contributed by atoms with Crippen molar-refractivity contribution in [3.8, 4) is 5.75 Å². The lowest BCUT2D eigenvalue weighted by molar-refractivity contribution is 0.414. The summed E-state index contributed by atoms with van der Waals surface area (Å²) in [5.41, 5.74) is 2.02. The maximum Gasteiger partial charge on any atom is 0.282 e. The van der Waals surface area contributed by atoms with Crippen molar-refractivity contribution in [2.24, 2.45) is 0 Å². The summed E-state index contributed by atoms with van der Waals surface area (Å²) in [7, 11) is 1.64. The van der Waals surface area contributed by atoms with E-state index >= 15 is 0 Å². The molecular weight excluding hydrogens is 336 g/mol. The van der Waals surface area contributed by atoms with Gasteiger partial charge in [0.15, 0.2) is 10.7 Å². The predicted octanol–water partition coefficient (Wildman–Crippen LogP) is 3.17. The lowest BCUT2D eigenvalue weighted by Crippen LogP contribution is -2.24. The molecule has 0 saturated carbocycles. The van der Waals surface area contributed by atoms with E-state index in [0.717, 1.165) is 28.6 Å². The minimum absolute atomic E-state index is 0.0911. The highest BCUT2D eigenvalue weighted by molar-refractivity contribution is 7.99. The molecule has 0 bridgehead atoms. The first-order valence-electron chi connectivity index (χ1n) is 8.40. The molecular formula is C18H22N4O2S. The van der Waals surface area contributed by atoms with E-state index < -0.39 is 0 Å². The Morgan fingerprint density at radius 2 is 1.96 bits per heavy atom. The number of benzene rings is 1. The molecule has 0 aliphatic rings. The molecule has 0 saturated heterocycles. The minimum Gasteiger partial charge on any atom is -0.497 e. The Balaban J connectivity index is 2.05. The van der Waals surface area contributed by atoms with Gasteiger partial charge in [-0.1, -0.05) is 30.8 Å². The summed E-state index contributed by atoms with van der Waals surface area (Å²) in [4.78, 5) is 17.7. The second-order valence-electron chi connectivity index (χ2n) is 5.70. The maximum absolute atomic E-state index is 13.0. The molecule has 7 heteroatoms. The number of thioether (sulfide) groups is 1. The van der Waals surface area contributed by atoms with Crippen LogP contribution in [0.3, 0.4) is 0 Å². The summed E-state index contributed by atoms with van der Waals surface area (Å²) in [6.07, 6.45) is 2.86. The standard InChI is InChI=1S/C18H22N4O2S/c1-4-10-25-18-19-15-12-21(5-2)20-16(15)17(23)22(18)11-13-6-8-14(24-3)9-7-13/h6-9,12H,4-5,10-11H2,1-3H3. The second kappa shape index (κ2) is 7.74. The van der Waals surface area contributed by atoms with Gasteiger partial charge >= 0.3 is 0 Å². The van der Waals surface area contributed by atoms with Crippen molar-refractivity contribution >= 4 is 22.8 Å². The SMILES string of the molecule is CCCSc1nc2cn(CC)nc2c(=O)n1Cc1ccc(OC)cc1. The Kier molecular flexibility index (Phi) is 5.43. The molecule has 2 heterocycles. The van der Waals surface area contributed by atoms with Crippen molar-refractivity contribution in [3.63, 3.8) is 0 Å². The molecule has 3 aromatic rings. The van der Waals surface area contributed by atoms with E-state index in [9.17, 15) is 4.79 Å². The molecule has 2 aromatic heterocycles. The number of aromatic nitrogens is 4. The molecule has 3 rings (SSSR count). The summed E-state index contributed by atoms with van der Waals surface area (Å²) in [6, 6.07) is 7.73. The third kappa shape index (κ3) is 3.71. The number of fused-ring (bicyclic) bond motifs is 1. The number of rotatable bonds is 7.